The molecule has 0 saturated carbocycles. The molecule has 4 rings (SSSR count). The second-order valence-corrected chi connectivity index (χ2v) is 12.4. The molecular formula is C23H18BrIN4O5S2. The highest BCUT2D eigenvalue weighted by Crippen LogP contribution is 2.28. The molecule has 13 heteroatoms. The van der Waals surface area contributed by atoms with Crippen molar-refractivity contribution in [2.75, 3.05) is 4.72 Å². The summed E-state index contributed by atoms with van der Waals surface area (Å²) in [4.78, 5) is 29.3. The van der Waals surface area contributed by atoms with E-state index in [0.29, 0.717) is 19.2 Å². The molecule has 0 aliphatic heterocycles. The summed E-state index contributed by atoms with van der Waals surface area (Å²) in [5, 5.41) is 12.5. The van der Waals surface area contributed by atoms with Gasteiger partial charge in [0.2, 0.25) is 0 Å². The molecule has 0 bridgehead atoms. The van der Waals surface area contributed by atoms with Crippen LogP contribution in [-0.4, -0.2) is 40.8 Å². The van der Waals surface area contributed by atoms with Gasteiger partial charge in [0.05, 0.1) is 27.5 Å². The molecule has 4 aromatic rings. The van der Waals surface area contributed by atoms with E-state index in [-0.39, 0.29) is 16.3 Å². The number of hydrogen-bond acceptors (Lipinski definition) is 7. The van der Waals surface area contributed by atoms with E-state index in [1.165, 1.54) is 24.5 Å². The van der Waals surface area contributed by atoms with Gasteiger partial charge in [-0.25, -0.2) is 9.78 Å². The maximum absolute atomic E-state index is 13.2. The maximum Gasteiger partial charge on any atom is 0.326 e. The number of amides is 1. The fraction of sp³-hybridized carbons (Fsp3) is 0.130. The van der Waals surface area contributed by atoms with E-state index in [9.17, 15) is 23.1 Å². The summed E-state index contributed by atoms with van der Waals surface area (Å²) in [5.74, 6) is -2.52. The Hall–Kier alpha value is -2.62. The first-order chi connectivity index (χ1) is 17.1. The third-order valence-corrected chi connectivity index (χ3v) is 8.65. The highest BCUT2D eigenvalue weighted by molar-refractivity contribution is 14.1. The van der Waals surface area contributed by atoms with Crippen LogP contribution < -0.4 is 10.0 Å². The summed E-state index contributed by atoms with van der Waals surface area (Å²) in [7, 11) is -4.19. The lowest BCUT2D eigenvalue weighted by Crippen LogP contribution is -2.44. The van der Waals surface area contributed by atoms with Crippen LogP contribution in [0.15, 0.2) is 70.4 Å². The van der Waals surface area contributed by atoms with Crippen molar-refractivity contribution in [1.29, 1.82) is 0 Å². The number of aromatic nitrogens is 2. The molecule has 2 atom stereocenters. The number of sulfonamides is 1. The zero-order valence-electron chi connectivity index (χ0n) is 18.5. The molecule has 2 heterocycles. The molecule has 2 aromatic carbocycles. The molecule has 0 radical (unpaired) electrons. The van der Waals surface area contributed by atoms with Gasteiger partial charge < -0.3 is 10.4 Å². The number of fused-ring (bicyclic) bond motifs is 1. The van der Waals surface area contributed by atoms with E-state index >= 15 is 0 Å². The lowest BCUT2D eigenvalue weighted by atomic mass is 9.93. The Morgan fingerprint density at radius 3 is 2.67 bits per heavy atom. The molecule has 0 saturated heterocycles. The Bertz CT molecular complexity index is 1580. The zero-order chi connectivity index (χ0) is 26.0. The minimum Gasteiger partial charge on any atom is -0.480 e. The number of carboxylic acids is 1. The first-order valence-corrected chi connectivity index (χ1v) is 14.5. The van der Waals surface area contributed by atoms with Crippen molar-refractivity contribution >= 4 is 87.7 Å². The largest absolute Gasteiger partial charge is 0.480 e. The van der Waals surface area contributed by atoms with E-state index < -0.39 is 33.9 Å². The van der Waals surface area contributed by atoms with E-state index in [1.807, 2.05) is 28.7 Å². The molecule has 2 unspecified atom stereocenters. The van der Waals surface area contributed by atoms with Gasteiger partial charge in [0.1, 0.15) is 6.04 Å². The number of rotatable bonds is 8. The number of carboxylic acid groups (broad SMARTS) is 1. The highest BCUT2D eigenvalue weighted by Gasteiger charge is 2.30. The summed E-state index contributed by atoms with van der Waals surface area (Å²) in [6.45, 7) is 1.69. The number of nitrogens with zero attached hydrogens (tertiary/aromatic N) is 2. The lowest BCUT2D eigenvalue weighted by molar-refractivity contribution is -0.139. The quantitative estimate of drug-likeness (QED) is 0.224. The topological polar surface area (TPSA) is 138 Å². The second kappa shape index (κ2) is 10.8. The Balaban J connectivity index is 1.66. The predicted molar refractivity (Wildman–Crippen MR) is 149 cm³/mol. The molecule has 0 aliphatic rings. The number of carbonyl (C=O) groups is 2. The van der Waals surface area contributed by atoms with Crippen LogP contribution >= 0.6 is 50.1 Å². The first kappa shape index (κ1) is 26.4. The van der Waals surface area contributed by atoms with Crippen LogP contribution in [-0.2, 0) is 14.8 Å². The van der Waals surface area contributed by atoms with Crippen LogP contribution in [0.3, 0.4) is 0 Å². The van der Waals surface area contributed by atoms with Gasteiger partial charge in [-0.15, -0.1) is 0 Å². The van der Waals surface area contributed by atoms with Crippen LogP contribution in [0.1, 0.15) is 28.8 Å². The molecule has 0 spiro atoms. The van der Waals surface area contributed by atoms with Crippen molar-refractivity contribution < 1.29 is 23.1 Å². The van der Waals surface area contributed by atoms with E-state index in [1.54, 1.807) is 37.3 Å². The number of benzene rings is 2. The van der Waals surface area contributed by atoms with Gasteiger partial charge >= 0.3 is 5.97 Å². The molecular weight excluding hydrogens is 683 g/mol. The fourth-order valence-electron chi connectivity index (χ4n) is 3.58. The third kappa shape index (κ3) is 5.68. The van der Waals surface area contributed by atoms with Crippen molar-refractivity contribution in [3.63, 3.8) is 0 Å². The van der Waals surface area contributed by atoms with Crippen molar-refractivity contribution in [2.24, 2.45) is 0 Å². The first-order valence-electron chi connectivity index (χ1n) is 10.4. The molecule has 186 valence electrons. The Morgan fingerprint density at radius 1 is 1.17 bits per heavy atom. The highest BCUT2D eigenvalue weighted by atomic mass is 127. The monoisotopic (exact) mass is 700 g/mol. The summed E-state index contributed by atoms with van der Waals surface area (Å²) >= 11 is 6.50. The molecule has 0 fully saturated rings. The molecule has 9 nitrogen and oxygen atoms in total. The minimum absolute atomic E-state index is 0.000592. The third-order valence-electron chi connectivity index (χ3n) is 5.40. The Kier molecular flexibility index (Phi) is 7.92. The number of pyridine rings is 1. The minimum atomic E-state index is -4.19. The van der Waals surface area contributed by atoms with E-state index in [2.05, 4.69) is 35.3 Å². The second-order valence-electron chi connectivity index (χ2n) is 7.78. The number of hydrogen-bond donors (Lipinski definition) is 3. The normalized spacial score (nSPS) is 13.2. The molecule has 1 amide bonds. The van der Waals surface area contributed by atoms with Crippen LogP contribution in [0.2, 0.25) is 0 Å². The lowest BCUT2D eigenvalue weighted by Gasteiger charge is -2.23. The number of halogens is 2. The Labute approximate surface area is 232 Å². The van der Waals surface area contributed by atoms with Gasteiger partial charge in [-0.1, -0.05) is 35.0 Å². The standard InChI is InChI=1S/C23H18BrIN4O5S2/c1-12(13-3-2-4-14(24)9-13)20(23(31)32)28-21(30)16-6-5-15(25)10-18(16)29-36(33,34)22-17-11-27-35-19(17)7-8-26-22/h2-12,20,29H,1H3,(H,28,30)(H,31,32). The summed E-state index contributed by atoms with van der Waals surface area (Å²) in [6, 6.07) is 12.1. The maximum atomic E-state index is 13.2. The van der Waals surface area contributed by atoms with Gasteiger partial charge in [-0.2, -0.15) is 12.8 Å². The molecule has 2 aromatic heterocycles. The number of anilines is 1. The van der Waals surface area contributed by atoms with Crippen LogP contribution in [0.5, 0.6) is 0 Å². The van der Waals surface area contributed by atoms with Gasteiger partial charge in [-0.3, -0.25) is 9.52 Å². The van der Waals surface area contributed by atoms with Crippen molar-refractivity contribution in [1.82, 2.24) is 14.7 Å². The van der Waals surface area contributed by atoms with Crippen molar-refractivity contribution in [2.45, 2.75) is 23.9 Å². The summed E-state index contributed by atoms with van der Waals surface area (Å²) in [6.07, 6.45) is 2.79. The smallest absolute Gasteiger partial charge is 0.326 e. The SMILES string of the molecule is CC(c1cccc(Br)c1)C(NC(=O)c1ccc(I)cc1NS(=O)(=O)c1nccc2sncc12)C(=O)O. The summed E-state index contributed by atoms with van der Waals surface area (Å²) in [5.41, 5.74) is 0.687. The van der Waals surface area contributed by atoms with Crippen molar-refractivity contribution in [3.05, 3.63) is 80.1 Å². The molecule has 3 N–H and O–H groups in total. The predicted octanol–water partition coefficient (Wildman–Crippen LogP) is 4.85. The molecule has 36 heavy (non-hydrogen) atoms. The number of nitrogens with one attached hydrogen (secondary N) is 2. The van der Waals surface area contributed by atoms with Crippen LogP contribution in [0.4, 0.5) is 5.69 Å². The average Bonchev–Trinajstić information content (AvgIpc) is 3.30. The number of carbonyl (C=O) groups excluding carboxylic acids is 1. The van der Waals surface area contributed by atoms with Crippen molar-refractivity contribution in [3.8, 4) is 0 Å². The van der Waals surface area contributed by atoms with E-state index in [0.717, 1.165) is 16.0 Å². The summed E-state index contributed by atoms with van der Waals surface area (Å²) < 4.78 is 35.0. The van der Waals surface area contributed by atoms with E-state index in [4.69, 9.17) is 0 Å². The van der Waals surface area contributed by atoms with Gasteiger partial charge in [-0.05, 0) is 76.1 Å². The van der Waals surface area contributed by atoms with Crippen LogP contribution in [0.25, 0.3) is 10.1 Å². The Morgan fingerprint density at radius 2 is 1.94 bits per heavy atom. The number of aliphatic carboxylic acids is 1. The van der Waals surface area contributed by atoms with Gasteiger partial charge in [0.15, 0.2) is 5.03 Å². The van der Waals surface area contributed by atoms with Crippen LogP contribution in [0, 0.1) is 3.57 Å². The van der Waals surface area contributed by atoms with Gasteiger partial charge in [0, 0.05) is 20.2 Å². The van der Waals surface area contributed by atoms with Gasteiger partial charge in [0.25, 0.3) is 15.9 Å². The molecule has 0 aliphatic carbocycles. The fourth-order valence-corrected chi connectivity index (χ4v) is 6.40. The zero-order valence-corrected chi connectivity index (χ0v) is 23.9. The average molecular weight is 701 g/mol.